The van der Waals surface area contributed by atoms with Crippen LogP contribution in [-0.2, 0) is 11.4 Å². The van der Waals surface area contributed by atoms with Crippen molar-refractivity contribution in [2.24, 2.45) is 4.99 Å². The molecule has 3 aromatic rings. The zero-order valence-corrected chi connectivity index (χ0v) is 18.9. The monoisotopic (exact) mass is 471 g/mol. The van der Waals surface area contributed by atoms with Gasteiger partial charge < -0.3 is 4.74 Å². The largest absolute Gasteiger partial charge is 0.489 e. The number of thioether (sulfide) groups is 1. The van der Waals surface area contributed by atoms with Gasteiger partial charge in [-0.15, -0.1) is 0 Å². The lowest BCUT2D eigenvalue weighted by Gasteiger charge is -2.26. The minimum absolute atomic E-state index is 0.119. The van der Waals surface area contributed by atoms with Gasteiger partial charge in [0.25, 0.3) is 5.91 Å². The predicted octanol–water partition coefficient (Wildman–Crippen LogP) is 6.22. The molecule has 0 aromatic heterocycles. The average Bonchev–Trinajstić information content (AvgIpc) is 3.26. The van der Waals surface area contributed by atoms with Gasteiger partial charge in [-0.1, -0.05) is 78.0 Å². The molecule has 2 aliphatic heterocycles. The Bertz CT molecular complexity index is 1310. The second-order valence-electron chi connectivity index (χ2n) is 7.41. The highest BCUT2D eigenvalue weighted by molar-refractivity contribution is 8.17. The Morgan fingerprint density at radius 1 is 1.00 bits per heavy atom. The molecule has 5 nitrogen and oxygen atoms in total. The van der Waals surface area contributed by atoms with Crippen LogP contribution in [0.4, 0.5) is 0 Å². The smallest absolute Gasteiger partial charge is 0.283 e. The summed E-state index contributed by atoms with van der Waals surface area (Å²) in [6.45, 7) is 0.430. The molecule has 0 atom stereocenters. The molecule has 0 radical (unpaired) electrons. The molecule has 1 N–H and O–H groups in total. The first-order chi connectivity index (χ1) is 16.1. The first-order valence-corrected chi connectivity index (χ1v) is 11.5. The third-order valence-electron chi connectivity index (χ3n) is 5.19. The first kappa shape index (κ1) is 21.2. The van der Waals surface area contributed by atoms with Crippen LogP contribution < -0.4 is 4.74 Å². The van der Waals surface area contributed by atoms with Gasteiger partial charge in [0.05, 0.1) is 11.3 Å². The third-order valence-corrected chi connectivity index (χ3v) is 6.27. The van der Waals surface area contributed by atoms with Gasteiger partial charge in [-0.3, -0.25) is 15.1 Å². The zero-order chi connectivity index (χ0) is 22.8. The molecule has 0 spiro atoms. The molecule has 2 aliphatic rings. The number of amides is 1. The summed E-state index contributed by atoms with van der Waals surface area (Å²) in [5, 5.41) is 11.8. The minimum atomic E-state index is -0.412. The number of carbonyl (C=O) groups excluding carboxylic acids is 1. The van der Waals surface area contributed by atoms with E-state index in [0.717, 1.165) is 22.4 Å². The number of amidine groups is 2. The molecule has 7 heteroatoms. The molecular weight excluding hydrogens is 454 g/mol. The van der Waals surface area contributed by atoms with Crippen LogP contribution in [0.1, 0.15) is 16.7 Å². The van der Waals surface area contributed by atoms with Gasteiger partial charge >= 0.3 is 0 Å². The lowest BCUT2D eigenvalue weighted by molar-refractivity contribution is -0.114. The van der Waals surface area contributed by atoms with Crippen LogP contribution in [0.2, 0.25) is 5.02 Å². The summed E-state index contributed by atoms with van der Waals surface area (Å²) in [6.07, 6.45) is 1.69. The Balaban J connectivity index is 1.33. The fraction of sp³-hybridized carbons (Fsp3) is 0.0385. The maximum atomic E-state index is 12.7. The molecule has 1 amide bonds. The van der Waals surface area contributed by atoms with Gasteiger partial charge in [0, 0.05) is 10.4 Å². The molecule has 33 heavy (non-hydrogen) atoms. The summed E-state index contributed by atoms with van der Waals surface area (Å²) < 4.78 is 5.83. The highest BCUT2D eigenvalue weighted by Crippen LogP contribution is 2.37. The molecule has 0 aliphatic carbocycles. The Kier molecular flexibility index (Phi) is 5.86. The Labute approximate surface area is 200 Å². The number of aliphatic imine (C=N–C) groups is 1. The molecule has 0 fully saturated rings. The molecular formula is C26H18ClN3O2S. The van der Waals surface area contributed by atoms with Crippen molar-refractivity contribution in [2.75, 3.05) is 0 Å². The number of fused-ring (bicyclic) bond motifs is 1. The highest BCUT2D eigenvalue weighted by atomic mass is 35.5. The van der Waals surface area contributed by atoms with Gasteiger partial charge in [-0.2, -0.15) is 4.99 Å². The van der Waals surface area contributed by atoms with Crippen molar-refractivity contribution in [1.29, 1.82) is 5.41 Å². The molecule has 5 rings (SSSR count). The number of nitrogens with zero attached hydrogens (tertiary/aromatic N) is 2. The molecule has 162 valence electrons. The van der Waals surface area contributed by atoms with E-state index in [1.165, 1.54) is 11.8 Å². The number of benzene rings is 3. The summed E-state index contributed by atoms with van der Waals surface area (Å²) in [7, 11) is 0. The van der Waals surface area contributed by atoms with E-state index < -0.39 is 5.91 Å². The number of nitrogens with one attached hydrogen (secondary N) is 1. The van der Waals surface area contributed by atoms with E-state index >= 15 is 0 Å². The number of ether oxygens (including phenoxy) is 1. The number of rotatable bonds is 5. The lowest BCUT2D eigenvalue weighted by atomic mass is 10.1. The molecule has 2 heterocycles. The fourth-order valence-corrected chi connectivity index (χ4v) is 4.50. The number of carbonyl (C=O) groups is 1. The van der Waals surface area contributed by atoms with Gasteiger partial charge in [0.2, 0.25) is 0 Å². The lowest BCUT2D eigenvalue weighted by Crippen LogP contribution is -2.37. The predicted molar refractivity (Wildman–Crippen MR) is 134 cm³/mol. The van der Waals surface area contributed by atoms with Crippen LogP contribution in [0, 0.1) is 5.41 Å². The van der Waals surface area contributed by atoms with Crippen molar-refractivity contribution in [3.8, 4) is 5.75 Å². The minimum Gasteiger partial charge on any atom is -0.489 e. The van der Waals surface area contributed by atoms with E-state index in [9.17, 15) is 4.79 Å². The van der Waals surface area contributed by atoms with Crippen molar-refractivity contribution in [2.45, 2.75) is 6.61 Å². The number of halogens is 1. The van der Waals surface area contributed by atoms with E-state index in [2.05, 4.69) is 4.99 Å². The summed E-state index contributed by atoms with van der Waals surface area (Å²) in [4.78, 5) is 18.6. The third kappa shape index (κ3) is 4.49. The van der Waals surface area contributed by atoms with E-state index in [-0.39, 0.29) is 11.4 Å². The van der Waals surface area contributed by atoms with Crippen molar-refractivity contribution in [3.05, 3.63) is 112 Å². The Hall–Kier alpha value is -3.61. The second-order valence-corrected chi connectivity index (χ2v) is 8.69. The average molecular weight is 472 g/mol. The quantitative estimate of drug-likeness (QED) is 0.448. The van der Waals surface area contributed by atoms with Crippen LogP contribution in [0.3, 0.4) is 0 Å². The van der Waals surface area contributed by atoms with Crippen LogP contribution in [0.15, 0.2) is 94.8 Å². The Morgan fingerprint density at radius 3 is 2.45 bits per heavy atom. The normalized spacial score (nSPS) is 16.5. The second kappa shape index (κ2) is 9.10. The first-order valence-electron chi connectivity index (χ1n) is 10.2. The summed E-state index contributed by atoms with van der Waals surface area (Å²) in [6, 6.07) is 24.7. The van der Waals surface area contributed by atoms with Gasteiger partial charge in [0.1, 0.15) is 18.2 Å². The Morgan fingerprint density at radius 2 is 1.73 bits per heavy atom. The van der Waals surface area contributed by atoms with Crippen molar-refractivity contribution in [3.63, 3.8) is 0 Å². The summed E-state index contributed by atoms with van der Waals surface area (Å²) in [5.41, 5.74) is 3.87. The summed E-state index contributed by atoms with van der Waals surface area (Å²) >= 11 is 7.27. The van der Waals surface area contributed by atoms with E-state index in [1.54, 1.807) is 11.0 Å². The molecule has 0 saturated heterocycles. The van der Waals surface area contributed by atoms with E-state index in [0.29, 0.717) is 22.5 Å². The molecule has 0 unspecified atom stereocenters. The van der Waals surface area contributed by atoms with Crippen molar-refractivity contribution >= 4 is 52.0 Å². The van der Waals surface area contributed by atoms with Gasteiger partial charge in [0.15, 0.2) is 5.17 Å². The van der Waals surface area contributed by atoms with Crippen LogP contribution >= 0.6 is 23.4 Å². The maximum Gasteiger partial charge on any atom is 0.283 e. The van der Waals surface area contributed by atoms with E-state index in [1.807, 2.05) is 84.3 Å². The number of hydrogen-bond acceptors (Lipinski definition) is 4. The van der Waals surface area contributed by atoms with Crippen LogP contribution in [0.25, 0.3) is 11.8 Å². The van der Waals surface area contributed by atoms with E-state index in [4.69, 9.17) is 21.7 Å². The van der Waals surface area contributed by atoms with Crippen molar-refractivity contribution < 1.29 is 9.53 Å². The van der Waals surface area contributed by atoms with Crippen molar-refractivity contribution in [1.82, 2.24) is 4.90 Å². The number of hydrogen-bond donors (Lipinski definition) is 1. The topological polar surface area (TPSA) is 65.8 Å². The highest BCUT2D eigenvalue weighted by Gasteiger charge is 2.36. The molecule has 3 aromatic carbocycles. The van der Waals surface area contributed by atoms with Gasteiger partial charge in [-0.05, 0) is 47.0 Å². The van der Waals surface area contributed by atoms with Gasteiger partial charge in [-0.25, -0.2) is 0 Å². The van der Waals surface area contributed by atoms with Crippen LogP contribution in [-0.4, -0.2) is 21.8 Å². The fourth-order valence-electron chi connectivity index (χ4n) is 3.49. The van der Waals surface area contributed by atoms with Crippen LogP contribution in [0.5, 0.6) is 5.75 Å². The SMILES string of the molecule is N=C1/C(=C/c2ccc(OCc3ccc(Cl)cc3)cc2)C(=O)N=C2SC=C(c3ccccc3)N12. The molecule has 0 saturated carbocycles. The summed E-state index contributed by atoms with van der Waals surface area (Å²) in [5.74, 6) is 0.417. The zero-order valence-electron chi connectivity index (χ0n) is 17.4. The standard InChI is InChI=1S/C26H18ClN3O2S/c27-20-10-6-18(7-11-20)15-32-21-12-8-17(9-13-21)14-22-24(28)30-23(19-4-2-1-3-5-19)16-33-26(30)29-25(22)31/h1-14,16,28H,15H2/b22-14-,28-24?. The maximum absolute atomic E-state index is 12.7. The molecule has 0 bridgehead atoms.